The van der Waals surface area contributed by atoms with Gasteiger partial charge in [0.15, 0.2) is 0 Å². The van der Waals surface area contributed by atoms with Crippen molar-refractivity contribution in [1.29, 1.82) is 0 Å². The highest BCUT2D eigenvalue weighted by molar-refractivity contribution is 7.99. The Balaban J connectivity index is 1.87. The van der Waals surface area contributed by atoms with Crippen molar-refractivity contribution in [3.63, 3.8) is 0 Å². The lowest BCUT2D eigenvalue weighted by Gasteiger charge is -2.20. The van der Waals surface area contributed by atoms with Gasteiger partial charge < -0.3 is 5.32 Å². The van der Waals surface area contributed by atoms with Crippen LogP contribution in [0.2, 0.25) is 0 Å². The third kappa shape index (κ3) is 3.49. The van der Waals surface area contributed by atoms with Crippen LogP contribution >= 0.6 is 11.8 Å². The summed E-state index contributed by atoms with van der Waals surface area (Å²) in [5, 5.41) is 4.59. The largest absolute Gasteiger partial charge is 0.309 e. The Bertz CT molecular complexity index is 351. The summed E-state index contributed by atoms with van der Waals surface area (Å²) in [7, 11) is 0. The van der Waals surface area contributed by atoms with Crippen LogP contribution in [-0.4, -0.2) is 17.0 Å². The SMILES string of the molecule is CCSC1CCCC1NCc1ccccc1C. The third-order valence-electron chi connectivity index (χ3n) is 3.65. The Morgan fingerprint density at radius 3 is 2.88 bits per heavy atom. The number of hydrogen-bond acceptors (Lipinski definition) is 2. The van der Waals surface area contributed by atoms with Crippen molar-refractivity contribution in [2.75, 3.05) is 5.75 Å². The van der Waals surface area contributed by atoms with Gasteiger partial charge in [0.2, 0.25) is 0 Å². The van der Waals surface area contributed by atoms with E-state index < -0.39 is 0 Å². The van der Waals surface area contributed by atoms with Gasteiger partial charge in [0.1, 0.15) is 0 Å². The second kappa shape index (κ2) is 6.46. The van der Waals surface area contributed by atoms with Crippen LogP contribution in [0.15, 0.2) is 24.3 Å². The average Bonchev–Trinajstić information content (AvgIpc) is 2.76. The first-order valence-electron chi connectivity index (χ1n) is 6.70. The van der Waals surface area contributed by atoms with E-state index in [1.807, 2.05) is 0 Å². The molecule has 0 saturated heterocycles. The van der Waals surface area contributed by atoms with Crippen molar-refractivity contribution in [2.45, 2.75) is 50.9 Å². The molecule has 0 heterocycles. The van der Waals surface area contributed by atoms with E-state index in [2.05, 4.69) is 55.2 Å². The molecule has 0 aromatic heterocycles. The second-order valence-electron chi connectivity index (χ2n) is 4.84. The molecule has 1 saturated carbocycles. The normalized spacial score (nSPS) is 24.1. The molecule has 0 spiro atoms. The summed E-state index contributed by atoms with van der Waals surface area (Å²) in [6.45, 7) is 5.49. The van der Waals surface area contributed by atoms with E-state index in [4.69, 9.17) is 0 Å². The van der Waals surface area contributed by atoms with Gasteiger partial charge in [-0.25, -0.2) is 0 Å². The number of hydrogen-bond donors (Lipinski definition) is 1. The van der Waals surface area contributed by atoms with E-state index in [1.165, 1.54) is 36.1 Å². The Morgan fingerprint density at radius 2 is 2.12 bits per heavy atom. The fourth-order valence-corrected chi connectivity index (χ4v) is 3.85. The van der Waals surface area contributed by atoms with Gasteiger partial charge >= 0.3 is 0 Å². The summed E-state index contributed by atoms with van der Waals surface area (Å²) in [6, 6.07) is 9.41. The zero-order valence-electron chi connectivity index (χ0n) is 10.9. The van der Waals surface area contributed by atoms with E-state index in [-0.39, 0.29) is 0 Å². The number of rotatable bonds is 5. The zero-order valence-corrected chi connectivity index (χ0v) is 11.7. The lowest BCUT2D eigenvalue weighted by molar-refractivity contribution is 0.531. The Hall–Kier alpha value is -0.470. The molecule has 1 nitrogen and oxygen atoms in total. The van der Waals surface area contributed by atoms with E-state index in [1.54, 1.807) is 0 Å². The molecule has 94 valence electrons. The molecule has 17 heavy (non-hydrogen) atoms. The van der Waals surface area contributed by atoms with Crippen molar-refractivity contribution < 1.29 is 0 Å². The lowest BCUT2D eigenvalue weighted by atomic mass is 10.1. The molecule has 0 amide bonds. The highest BCUT2D eigenvalue weighted by atomic mass is 32.2. The second-order valence-corrected chi connectivity index (χ2v) is 6.35. The summed E-state index contributed by atoms with van der Waals surface area (Å²) in [5.74, 6) is 1.24. The van der Waals surface area contributed by atoms with Crippen LogP contribution < -0.4 is 5.32 Å². The van der Waals surface area contributed by atoms with Crippen LogP contribution in [0.25, 0.3) is 0 Å². The summed E-state index contributed by atoms with van der Waals surface area (Å²) in [6.07, 6.45) is 4.14. The predicted molar refractivity (Wildman–Crippen MR) is 77.6 cm³/mol. The molecular weight excluding hydrogens is 226 g/mol. The summed E-state index contributed by atoms with van der Waals surface area (Å²) < 4.78 is 0. The maximum Gasteiger partial charge on any atom is 0.0211 e. The quantitative estimate of drug-likeness (QED) is 0.853. The zero-order chi connectivity index (χ0) is 12.1. The van der Waals surface area contributed by atoms with Crippen molar-refractivity contribution in [3.05, 3.63) is 35.4 Å². The molecule has 2 heteroatoms. The number of thioether (sulfide) groups is 1. The van der Waals surface area contributed by atoms with Crippen LogP contribution in [-0.2, 0) is 6.54 Å². The molecule has 0 radical (unpaired) electrons. The Morgan fingerprint density at radius 1 is 1.29 bits per heavy atom. The molecule has 2 unspecified atom stereocenters. The predicted octanol–water partition coefficient (Wildman–Crippen LogP) is 3.76. The standard InChI is InChI=1S/C15H23NS/c1-3-17-15-10-6-9-14(15)16-11-13-8-5-4-7-12(13)2/h4-5,7-8,14-16H,3,6,9-11H2,1-2H3. The fourth-order valence-electron chi connectivity index (χ4n) is 2.62. The van der Waals surface area contributed by atoms with Gasteiger partial charge in [-0.05, 0) is 36.6 Å². The molecule has 0 aliphatic heterocycles. The third-order valence-corrected chi connectivity index (χ3v) is 4.97. The minimum absolute atomic E-state index is 0.722. The minimum Gasteiger partial charge on any atom is -0.309 e. The first-order valence-corrected chi connectivity index (χ1v) is 7.75. The van der Waals surface area contributed by atoms with Gasteiger partial charge in [0.05, 0.1) is 0 Å². The van der Waals surface area contributed by atoms with Crippen LogP contribution in [0.3, 0.4) is 0 Å². The summed E-state index contributed by atoms with van der Waals surface area (Å²) in [5.41, 5.74) is 2.84. The maximum atomic E-state index is 3.75. The van der Waals surface area contributed by atoms with E-state index in [0.717, 1.165) is 17.8 Å². The Kier molecular flexibility index (Phi) is 4.93. The molecule has 1 aliphatic carbocycles. The number of nitrogens with one attached hydrogen (secondary N) is 1. The van der Waals surface area contributed by atoms with Crippen LogP contribution in [0.5, 0.6) is 0 Å². The van der Waals surface area contributed by atoms with Gasteiger partial charge in [0, 0.05) is 17.8 Å². The topological polar surface area (TPSA) is 12.0 Å². The van der Waals surface area contributed by atoms with Gasteiger partial charge in [-0.1, -0.05) is 37.6 Å². The molecule has 0 bridgehead atoms. The van der Waals surface area contributed by atoms with Crippen LogP contribution in [0, 0.1) is 6.92 Å². The van der Waals surface area contributed by atoms with Crippen molar-refractivity contribution >= 4 is 11.8 Å². The van der Waals surface area contributed by atoms with Crippen molar-refractivity contribution in [1.82, 2.24) is 5.32 Å². The first kappa shape index (κ1) is 13.0. The highest BCUT2D eigenvalue weighted by Crippen LogP contribution is 2.30. The van der Waals surface area contributed by atoms with Gasteiger partial charge in [-0.2, -0.15) is 11.8 Å². The van der Waals surface area contributed by atoms with Crippen molar-refractivity contribution in [2.24, 2.45) is 0 Å². The fraction of sp³-hybridized carbons (Fsp3) is 0.600. The summed E-state index contributed by atoms with van der Waals surface area (Å²) >= 11 is 2.12. The maximum absolute atomic E-state index is 3.75. The number of aryl methyl sites for hydroxylation is 1. The first-order chi connectivity index (χ1) is 8.31. The van der Waals surface area contributed by atoms with Gasteiger partial charge in [0.25, 0.3) is 0 Å². The van der Waals surface area contributed by atoms with Gasteiger partial charge in [-0.15, -0.1) is 0 Å². The van der Waals surface area contributed by atoms with Crippen LogP contribution in [0.1, 0.15) is 37.3 Å². The molecule has 1 N–H and O–H groups in total. The van der Waals surface area contributed by atoms with E-state index in [0.29, 0.717) is 0 Å². The molecule has 1 fully saturated rings. The van der Waals surface area contributed by atoms with E-state index in [9.17, 15) is 0 Å². The highest BCUT2D eigenvalue weighted by Gasteiger charge is 2.26. The van der Waals surface area contributed by atoms with E-state index >= 15 is 0 Å². The molecular formula is C15H23NS. The lowest BCUT2D eigenvalue weighted by Crippen LogP contribution is -2.33. The molecule has 1 aliphatic rings. The molecule has 2 atom stereocenters. The number of benzene rings is 1. The monoisotopic (exact) mass is 249 g/mol. The molecule has 2 rings (SSSR count). The minimum atomic E-state index is 0.722. The smallest absolute Gasteiger partial charge is 0.0211 e. The average molecular weight is 249 g/mol. The Labute approximate surface area is 109 Å². The van der Waals surface area contributed by atoms with Gasteiger partial charge in [-0.3, -0.25) is 0 Å². The van der Waals surface area contributed by atoms with Crippen molar-refractivity contribution in [3.8, 4) is 0 Å². The molecule has 1 aromatic carbocycles. The summed E-state index contributed by atoms with van der Waals surface area (Å²) in [4.78, 5) is 0. The van der Waals surface area contributed by atoms with Crippen LogP contribution in [0.4, 0.5) is 0 Å². The molecule has 1 aromatic rings.